The molecular weight excluding hydrogens is 282 g/mol. The lowest BCUT2D eigenvalue weighted by atomic mass is 9.87. The molecule has 0 saturated heterocycles. The Hall–Kier alpha value is -1.72. The van der Waals surface area contributed by atoms with Gasteiger partial charge >= 0.3 is 0 Å². The highest BCUT2D eigenvalue weighted by Gasteiger charge is 2.27. The summed E-state index contributed by atoms with van der Waals surface area (Å²) in [5, 5.41) is 5.92. The van der Waals surface area contributed by atoms with Crippen molar-refractivity contribution in [3.63, 3.8) is 0 Å². The van der Waals surface area contributed by atoms with Gasteiger partial charge in [-0.1, -0.05) is 32.9 Å². The first kappa shape index (κ1) is 15.7. The summed E-state index contributed by atoms with van der Waals surface area (Å²) in [5.41, 5.74) is 8.43. The Kier molecular flexibility index (Phi) is 4.44. The lowest BCUT2D eigenvalue weighted by Gasteiger charge is -2.25. The molecule has 3 N–H and O–H groups in total. The number of carbonyl (C=O) groups is 1. The van der Waals surface area contributed by atoms with Crippen molar-refractivity contribution in [3.05, 3.63) is 34.7 Å². The summed E-state index contributed by atoms with van der Waals surface area (Å²) < 4.78 is 0. The summed E-state index contributed by atoms with van der Waals surface area (Å²) in [6, 6.07) is 7.10. The second-order valence-electron chi connectivity index (χ2n) is 6.16. The second-order valence-corrected chi connectivity index (χ2v) is 7.22. The van der Waals surface area contributed by atoms with Gasteiger partial charge in [0.25, 0.3) is 0 Å². The summed E-state index contributed by atoms with van der Waals surface area (Å²) in [4.78, 5) is 16.5. The molecule has 5 heteroatoms. The van der Waals surface area contributed by atoms with E-state index >= 15 is 0 Å². The first-order chi connectivity index (χ1) is 9.77. The molecule has 4 nitrogen and oxygen atoms in total. The predicted octanol–water partition coefficient (Wildman–Crippen LogP) is 3.43. The Morgan fingerprint density at radius 3 is 2.38 bits per heavy atom. The average molecular weight is 303 g/mol. The third kappa shape index (κ3) is 3.89. The fraction of sp³-hybridized carbons (Fsp3) is 0.375. The molecule has 1 aromatic carbocycles. The van der Waals surface area contributed by atoms with Gasteiger partial charge in [-0.15, -0.1) is 11.3 Å². The summed E-state index contributed by atoms with van der Waals surface area (Å²) in [6.07, 6.45) is 0. The van der Waals surface area contributed by atoms with Crippen molar-refractivity contribution in [2.75, 3.05) is 5.32 Å². The number of aryl methyl sites for hydroxylation is 1. The molecule has 1 aromatic heterocycles. The van der Waals surface area contributed by atoms with Crippen LogP contribution < -0.4 is 11.1 Å². The number of hydrogen-bond acceptors (Lipinski definition) is 4. The van der Waals surface area contributed by atoms with Crippen LogP contribution in [0.4, 0.5) is 5.69 Å². The SMILES string of the molecule is Cc1nc(-c2ccc(NC(=O)[C@@H](N)C(C)(C)C)cc2)cs1. The van der Waals surface area contributed by atoms with Gasteiger partial charge in [-0.3, -0.25) is 4.79 Å². The minimum atomic E-state index is -0.543. The number of amides is 1. The van der Waals surface area contributed by atoms with Crippen molar-refractivity contribution in [2.45, 2.75) is 33.7 Å². The second kappa shape index (κ2) is 5.95. The van der Waals surface area contributed by atoms with Gasteiger partial charge in [0.15, 0.2) is 0 Å². The van der Waals surface area contributed by atoms with E-state index in [9.17, 15) is 4.79 Å². The van der Waals surface area contributed by atoms with Crippen LogP contribution in [0.5, 0.6) is 0 Å². The van der Waals surface area contributed by atoms with Gasteiger partial charge in [0.2, 0.25) is 5.91 Å². The Morgan fingerprint density at radius 1 is 1.29 bits per heavy atom. The number of aromatic nitrogens is 1. The van der Waals surface area contributed by atoms with Crippen LogP contribution in [0.25, 0.3) is 11.3 Å². The fourth-order valence-corrected chi connectivity index (χ4v) is 2.46. The zero-order valence-corrected chi connectivity index (χ0v) is 13.6. The van der Waals surface area contributed by atoms with Gasteiger partial charge < -0.3 is 11.1 Å². The van der Waals surface area contributed by atoms with Gasteiger partial charge in [-0.2, -0.15) is 0 Å². The third-order valence-corrected chi connectivity index (χ3v) is 4.06. The monoisotopic (exact) mass is 303 g/mol. The van der Waals surface area contributed by atoms with E-state index in [0.717, 1.165) is 22.0 Å². The minimum absolute atomic E-state index is 0.167. The number of rotatable bonds is 3. The molecule has 0 fully saturated rings. The van der Waals surface area contributed by atoms with Crippen molar-refractivity contribution in [3.8, 4) is 11.3 Å². The van der Waals surface area contributed by atoms with Gasteiger partial charge in [-0.05, 0) is 24.5 Å². The summed E-state index contributed by atoms with van der Waals surface area (Å²) in [6.45, 7) is 7.83. The number of nitrogens with two attached hydrogens (primary N) is 1. The van der Waals surface area contributed by atoms with Crippen LogP contribution in [0, 0.1) is 12.3 Å². The first-order valence-electron chi connectivity index (χ1n) is 6.86. The molecular formula is C16H21N3OS. The van der Waals surface area contributed by atoms with E-state index in [-0.39, 0.29) is 11.3 Å². The predicted molar refractivity (Wildman–Crippen MR) is 88.3 cm³/mol. The standard InChI is InChI=1S/C16H21N3OS/c1-10-18-13(9-21-10)11-5-7-12(8-6-11)19-15(20)14(17)16(2,3)4/h5-9,14H,17H2,1-4H3,(H,19,20)/t14-/m1/s1. The molecule has 0 unspecified atom stereocenters. The number of hydrogen-bond donors (Lipinski definition) is 2. The average Bonchev–Trinajstić information content (AvgIpc) is 2.84. The van der Waals surface area contributed by atoms with Gasteiger partial charge in [0.05, 0.1) is 16.7 Å². The summed E-state index contributed by atoms with van der Waals surface area (Å²) in [5.74, 6) is -0.167. The van der Waals surface area contributed by atoms with E-state index in [1.165, 1.54) is 0 Å². The van der Waals surface area contributed by atoms with E-state index < -0.39 is 6.04 Å². The number of nitrogens with zero attached hydrogens (tertiary/aromatic N) is 1. The Balaban J connectivity index is 2.08. The Morgan fingerprint density at radius 2 is 1.90 bits per heavy atom. The Labute approximate surface area is 129 Å². The molecule has 2 rings (SSSR count). The minimum Gasteiger partial charge on any atom is -0.325 e. The van der Waals surface area contributed by atoms with E-state index in [0.29, 0.717) is 0 Å². The molecule has 0 spiro atoms. The van der Waals surface area contributed by atoms with Gasteiger partial charge in [0.1, 0.15) is 0 Å². The lowest BCUT2D eigenvalue weighted by Crippen LogP contribution is -2.45. The number of nitrogens with one attached hydrogen (secondary N) is 1. The highest BCUT2D eigenvalue weighted by molar-refractivity contribution is 7.09. The van der Waals surface area contributed by atoms with Gasteiger partial charge in [-0.25, -0.2) is 4.98 Å². The maximum Gasteiger partial charge on any atom is 0.241 e. The normalized spacial score (nSPS) is 13.0. The third-order valence-electron chi connectivity index (χ3n) is 3.28. The van der Waals surface area contributed by atoms with Crippen molar-refractivity contribution >= 4 is 22.9 Å². The van der Waals surface area contributed by atoms with Crippen molar-refractivity contribution in [2.24, 2.45) is 11.1 Å². The molecule has 0 saturated carbocycles. The lowest BCUT2D eigenvalue weighted by molar-refractivity contribution is -0.119. The van der Waals surface area contributed by atoms with Crippen LogP contribution >= 0.6 is 11.3 Å². The van der Waals surface area contributed by atoms with Crippen LogP contribution in [0.1, 0.15) is 25.8 Å². The van der Waals surface area contributed by atoms with Gasteiger partial charge in [0, 0.05) is 16.6 Å². The number of anilines is 1. The maximum atomic E-state index is 12.1. The summed E-state index contributed by atoms with van der Waals surface area (Å²) >= 11 is 1.62. The molecule has 1 amide bonds. The number of thiazole rings is 1. The van der Waals surface area contributed by atoms with Crippen molar-refractivity contribution in [1.82, 2.24) is 4.98 Å². The molecule has 0 aliphatic carbocycles. The zero-order valence-electron chi connectivity index (χ0n) is 12.8. The first-order valence-corrected chi connectivity index (χ1v) is 7.74. The molecule has 1 heterocycles. The molecule has 1 atom stereocenters. The van der Waals surface area contributed by atoms with E-state index in [1.807, 2.05) is 57.3 Å². The maximum absolute atomic E-state index is 12.1. The van der Waals surface area contributed by atoms with E-state index in [4.69, 9.17) is 5.73 Å². The molecule has 21 heavy (non-hydrogen) atoms. The van der Waals surface area contributed by atoms with Crippen molar-refractivity contribution in [1.29, 1.82) is 0 Å². The molecule has 0 bridgehead atoms. The zero-order chi connectivity index (χ0) is 15.6. The van der Waals surface area contributed by atoms with Crippen LogP contribution in [0.2, 0.25) is 0 Å². The van der Waals surface area contributed by atoms with E-state index in [2.05, 4.69) is 10.3 Å². The fourth-order valence-electron chi connectivity index (χ4n) is 1.83. The smallest absolute Gasteiger partial charge is 0.241 e. The van der Waals surface area contributed by atoms with Crippen LogP contribution in [0.15, 0.2) is 29.6 Å². The van der Waals surface area contributed by atoms with Crippen molar-refractivity contribution < 1.29 is 4.79 Å². The number of benzene rings is 1. The quantitative estimate of drug-likeness (QED) is 0.912. The van der Waals surface area contributed by atoms with Crippen LogP contribution in [-0.2, 0) is 4.79 Å². The van der Waals surface area contributed by atoms with Crippen LogP contribution in [-0.4, -0.2) is 16.9 Å². The molecule has 0 radical (unpaired) electrons. The molecule has 2 aromatic rings. The highest BCUT2D eigenvalue weighted by atomic mass is 32.1. The number of carbonyl (C=O) groups excluding carboxylic acids is 1. The Bertz CT molecular complexity index is 626. The molecule has 0 aliphatic rings. The topological polar surface area (TPSA) is 68.0 Å². The molecule has 0 aliphatic heterocycles. The molecule has 112 valence electrons. The highest BCUT2D eigenvalue weighted by Crippen LogP contribution is 2.24. The summed E-state index contributed by atoms with van der Waals surface area (Å²) in [7, 11) is 0. The largest absolute Gasteiger partial charge is 0.325 e. The van der Waals surface area contributed by atoms with Crippen LogP contribution in [0.3, 0.4) is 0 Å². The van der Waals surface area contributed by atoms with E-state index in [1.54, 1.807) is 11.3 Å².